The predicted octanol–water partition coefficient (Wildman–Crippen LogP) is 3.35. The third kappa shape index (κ3) is 5.66. The van der Waals surface area contributed by atoms with Crippen LogP contribution in [-0.4, -0.2) is 36.6 Å². The van der Waals surface area contributed by atoms with Crippen LogP contribution < -0.4 is 5.32 Å². The zero-order valence-electron chi connectivity index (χ0n) is 14.7. The Bertz CT molecular complexity index is 666. The van der Waals surface area contributed by atoms with Crippen LogP contribution in [0.5, 0.6) is 0 Å². The predicted molar refractivity (Wildman–Crippen MR) is 102 cm³/mol. The molecular weight excluding hydrogens is 332 g/mol. The fraction of sp³-hybridized carbons (Fsp3) is 0.450. The topological polar surface area (TPSA) is 41.6 Å². The minimum atomic E-state index is 0.0674. The molecule has 2 aromatic rings. The van der Waals surface area contributed by atoms with E-state index in [-0.39, 0.29) is 12.0 Å². The van der Waals surface area contributed by atoms with E-state index in [0.29, 0.717) is 13.1 Å². The van der Waals surface area contributed by atoms with Gasteiger partial charge in [-0.05, 0) is 42.3 Å². The van der Waals surface area contributed by atoms with Crippen LogP contribution in [-0.2, 0) is 22.6 Å². The number of rotatable bonds is 8. The average Bonchev–Trinajstić information content (AvgIpc) is 3.28. The van der Waals surface area contributed by atoms with Crippen molar-refractivity contribution in [2.75, 3.05) is 19.7 Å². The Kier molecular flexibility index (Phi) is 6.62. The molecule has 1 atom stereocenters. The SMILES string of the molecule is Cc1ccccc1CNC(=O)CN(Cc1cccs1)CC1CCCO1. The fourth-order valence-electron chi connectivity index (χ4n) is 3.15. The standard InChI is InChI=1S/C20H26N2O2S/c1-16-6-2-3-7-17(16)12-21-20(23)15-22(13-18-8-4-10-24-18)14-19-9-5-11-25-19/h2-3,5-7,9,11,18H,4,8,10,12-15H2,1H3,(H,21,23). The number of hydrogen-bond donors (Lipinski definition) is 1. The monoisotopic (exact) mass is 358 g/mol. The maximum atomic E-state index is 12.5. The number of benzene rings is 1. The molecule has 1 fully saturated rings. The molecule has 3 rings (SSSR count). The van der Waals surface area contributed by atoms with E-state index in [9.17, 15) is 4.79 Å². The molecule has 2 heterocycles. The maximum absolute atomic E-state index is 12.5. The Morgan fingerprint density at radius 3 is 2.92 bits per heavy atom. The molecule has 1 aromatic carbocycles. The first kappa shape index (κ1) is 18.1. The molecule has 1 aliphatic heterocycles. The van der Waals surface area contributed by atoms with E-state index in [1.165, 1.54) is 16.0 Å². The van der Waals surface area contributed by atoms with Crippen LogP contribution >= 0.6 is 11.3 Å². The first-order valence-corrected chi connectivity index (χ1v) is 9.76. The molecule has 1 aliphatic rings. The fourth-order valence-corrected chi connectivity index (χ4v) is 3.89. The van der Waals surface area contributed by atoms with Gasteiger partial charge in [-0.3, -0.25) is 9.69 Å². The summed E-state index contributed by atoms with van der Waals surface area (Å²) < 4.78 is 5.76. The number of amides is 1. The van der Waals surface area contributed by atoms with Crippen molar-refractivity contribution in [1.82, 2.24) is 10.2 Å². The van der Waals surface area contributed by atoms with Crippen molar-refractivity contribution in [3.05, 3.63) is 57.8 Å². The lowest BCUT2D eigenvalue weighted by Gasteiger charge is -2.24. The summed E-state index contributed by atoms with van der Waals surface area (Å²) in [6, 6.07) is 12.3. The number of nitrogens with zero attached hydrogens (tertiary/aromatic N) is 1. The second-order valence-corrected chi connectivity index (χ2v) is 7.62. The lowest BCUT2D eigenvalue weighted by Crippen LogP contribution is -2.40. The lowest BCUT2D eigenvalue weighted by atomic mass is 10.1. The van der Waals surface area contributed by atoms with E-state index in [1.807, 2.05) is 12.1 Å². The maximum Gasteiger partial charge on any atom is 0.234 e. The summed E-state index contributed by atoms with van der Waals surface area (Å²) in [6.45, 7) is 5.52. The van der Waals surface area contributed by atoms with Gasteiger partial charge in [0, 0.05) is 31.1 Å². The summed E-state index contributed by atoms with van der Waals surface area (Å²) in [4.78, 5) is 15.9. The summed E-state index contributed by atoms with van der Waals surface area (Å²) in [5.74, 6) is 0.0674. The molecule has 0 saturated carbocycles. The van der Waals surface area contributed by atoms with E-state index in [4.69, 9.17) is 4.74 Å². The molecule has 1 N–H and O–H groups in total. The summed E-state index contributed by atoms with van der Waals surface area (Å²) in [5.41, 5.74) is 2.37. The van der Waals surface area contributed by atoms with Gasteiger partial charge in [-0.25, -0.2) is 0 Å². The molecule has 134 valence electrons. The normalized spacial score (nSPS) is 17.1. The van der Waals surface area contributed by atoms with Crippen LogP contribution in [0.15, 0.2) is 41.8 Å². The minimum absolute atomic E-state index is 0.0674. The van der Waals surface area contributed by atoms with Gasteiger partial charge >= 0.3 is 0 Å². The zero-order valence-corrected chi connectivity index (χ0v) is 15.6. The van der Waals surface area contributed by atoms with E-state index in [2.05, 4.69) is 46.8 Å². The van der Waals surface area contributed by atoms with E-state index >= 15 is 0 Å². The van der Waals surface area contributed by atoms with Crippen molar-refractivity contribution in [3.8, 4) is 0 Å². The minimum Gasteiger partial charge on any atom is -0.377 e. The highest BCUT2D eigenvalue weighted by atomic mass is 32.1. The molecule has 0 radical (unpaired) electrons. The summed E-state index contributed by atoms with van der Waals surface area (Å²) >= 11 is 1.73. The number of aryl methyl sites for hydroxylation is 1. The Morgan fingerprint density at radius 1 is 1.32 bits per heavy atom. The molecule has 0 bridgehead atoms. The largest absolute Gasteiger partial charge is 0.377 e. The van der Waals surface area contributed by atoms with Gasteiger partial charge in [0.05, 0.1) is 12.6 Å². The first-order chi connectivity index (χ1) is 12.2. The molecule has 1 unspecified atom stereocenters. The van der Waals surface area contributed by atoms with Gasteiger partial charge in [0.25, 0.3) is 0 Å². The van der Waals surface area contributed by atoms with Gasteiger partial charge in [-0.1, -0.05) is 30.3 Å². The van der Waals surface area contributed by atoms with Crippen molar-refractivity contribution in [3.63, 3.8) is 0 Å². The molecule has 0 spiro atoms. The van der Waals surface area contributed by atoms with E-state index < -0.39 is 0 Å². The summed E-state index contributed by atoms with van der Waals surface area (Å²) in [5, 5.41) is 5.14. The third-order valence-corrected chi connectivity index (χ3v) is 5.41. The smallest absolute Gasteiger partial charge is 0.234 e. The van der Waals surface area contributed by atoms with Crippen LogP contribution in [0.1, 0.15) is 28.8 Å². The van der Waals surface area contributed by atoms with Crippen LogP contribution in [0.4, 0.5) is 0 Å². The van der Waals surface area contributed by atoms with Crippen LogP contribution in [0, 0.1) is 6.92 Å². The number of nitrogens with one attached hydrogen (secondary N) is 1. The highest BCUT2D eigenvalue weighted by molar-refractivity contribution is 7.09. The van der Waals surface area contributed by atoms with Crippen molar-refractivity contribution in [1.29, 1.82) is 0 Å². The van der Waals surface area contributed by atoms with Gasteiger partial charge < -0.3 is 10.1 Å². The Morgan fingerprint density at radius 2 is 2.20 bits per heavy atom. The van der Waals surface area contributed by atoms with Gasteiger partial charge in [-0.2, -0.15) is 0 Å². The molecule has 5 heteroatoms. The van der Waals surface area contributed by atoms with E-state index in [1.54, 1.807) is 11.3 Å². The lowest BCUT2D eigenvalue weighted by molar-refractivity contribution is -0.122. The highest BCUT2D eigenvalue weighted by Gasteiger charge is 2.21. The molecule has 1 amide bonds. The first-order valence-electron chi connectivity index (χ1n) is 8.88. The Hall–Kier alpha value is -1.69. The number of thiophene rings is 1. The second kappa shape index (κ2) is 9.13. The van der Waals surface area contributed by atoms with Gasteiger partial charge in [0.1, 0.15) is 0 Å². The van der Waals surface area contributed by atoms with Gasteiger partial charge in [0.2, 0.25) is 5.91 Å². The van der Waals surface area contributed by atoms with Crippen molar-refractivity contribution in [2.45, 2.75) is 39.0 Å². The molecule has 1 saturated heterocycles. The van der Waals surface area contributed by atoms with Crippen molar-refractivity contribution >= 4 is 17.2 Å². The number of carbonyl (C=O) groups excluding carboxylic acids is 1. The van der Waals surface area contributed by atoms with Crippen LogP contribution in [0.2, 0.25) is 0 Å². The van der Waals surface area contributed by atoms with Gasteiger partial charge in [-0.15, -0.1) is 11.3 Å². The average molecular weight is 359 g/mol. The third-order valence-electron chi connectivity index (χ3n) is 4.55. The van der Waals surface area contributed by atoms with Crippen LogP contribution in [0.25, 0.3) is 0 Å². The molecule has 0 aliphatic carbocycles. The highest BCUT2D eigenvalue weighted by Crippen LogP contribution is 2.17. The van der Waals surface area contributed by atoms with Crippen molar-refractivity contribution in [2.24, 2.45) is 0 Å². The zero-order chi connectivity index (χ0) is 17.5. The van der Waals surface area contributed by atoms with Crippen molar-refractivity contribution < 1.29 is 9.53 Å². The Labute approximate surface area is 153 Å². The molecule has 25 heavy (non-hydrogen) atoms. The number of ether oxygens (including phenoxy) is 1. The Balaban J connectivity index is 1.54. The quantitative estimate of drug-likeness (QED) is 0.787. The number of carbonyl (C=O) groups is 1. The van der Waals surface area contributed by atoms with E-state index in [0.717, 1.165) is 32.5 Å². The summed E-state index contributed by atoms with van der Waals surface area (Å²) in [7, 11) is 0. The van der Waals surface area contributed by atoms with Gasteiger partial charge in [0.15, 0.2) is 0 Å². The molecule has 4 nitrogen and oxygen atoms in total. The second-order valence-electron chi connectivity index (χ2n) is 6.59. The molecule has 1 aromatic heterocycles. The number of hydrogen-bond acceptors (Lipinski definition) is 4. The molecular formula is C20H26N2O2S. The summed E-state index contributed by atoms with van der Waals surface area (Å²) in [6.07, 6.45) is 2.46. The van der Waals surface area contributed by atoms with Crippen LogP contribution in [0.3, 0.4) is 0 Å².